The molecule has 0 aliphatic rings. The van der Waals surface area contributed by atoms with Crippen LogP contribution in [0.5, 0.6) is 0 Å². The second-order valence-corrected chi connectivity index (χ2v) is 4.66. The Kier molecular flexibility index (Phi) is 3.07. The molecule has 100 valence electrons. The Bertz CT molecular complexity index is 787. The zero-order chi connectivity index (χ0) is 14.1. The molecule has 3 aromatic heterocycles. The maximum atomic E-state index is 11.0. The normalized spacial score (nSPS) is 10.7. The number of aromatic nitrogens is 4. The molecule has 20 heavy (non-hydrogen) atoms. The fraction of sp³-hybridized carbons (Fsp3) is 0. The first-order valence-corrected chi connectivity index (χ1v) is 6.40. The van der Waals surface area contributed by atoms with Crippen LogP contribution < -0.4 is 5.32 Å². The number of fused-ring (bicyclic) bond motifs is 1. The molecule has 7 nitrogen and oxygen atoms in total. The minimum atomic E-state index is -1.11. The van der Waals surface area contributed by atoms with E-state index < -0.39 is 5.97 Å². The van der Waals surface area contributed by atoms with Crippen molar-refractivity contribution in [3.8, 4) is 0 Å². The number of hydrogen-bond acceptors (Lipinski definition) is 5. The quantitative estimate of drug-likeness (QED) is 0.764. The topological polar surface area (TPSA) is 92.4 Å². The average molecular weight is 334 g/mol. The molecule has 2 N–H and O–H groups in total. The van der Waals surface area contributed by atoms with Crippen LogP contribution in [0.4, 0.5) is 11.5 Å². The van der Waals surface area contributed by atoms with E-state index in [2.05, 4.69) is 36.3 Å². The molecule has 0 amide bonds. The number of imidazole rings is 1. The van der Waals surface area contributed by atoms with Crippen molar-refractivity contribution >= 4 is 39.1 Å². The summed E-state index contributed by atoms with van der Waals surface area (Å²) in [5.41, 5.74) is 1.16. The highest BCUT2D eigenvalue weighted by Crippen LogP contribution is 2.20. The van der Waals surface area contributed by atoms with Gasteiger partial charge in [-0.1, -0.05) is 0 Å². The van der Waals surface area contributed by atoms with E-state index in [1.165, 1.54) is 4.52 Å². The van der Waals surface area contributed by atoms with Crippen molar-refractivity contribution in [1.29, 1.82) is 0 Å². The highest BCUT2D eigenvalue weighted by atomic mass is 79.9. The van der Waals surface area contributed by atoms with E-state index in [1.54, 1.807) is 30.6 Å². The third-order valence-corrected chi connectivity index (χ3v) is 3.27. The molecule has 0 bridgehead atoms. The highest BCUT2D eigenvalue weighted by molar-refractivity contribution is 9.10. The van der Waals surface area contributed by atoms with Gasteiger partial charge in [0.2, 0.25) is 0 Å². The minimum Gasteiger partial charge on any atom is -0.476 e. The maximum absolute atomic E-state index is 11.0. The van der Waals surface area contributed by atoms with Gasteiger partial charge in [0.15, 0.2) is 17.2 Å². The highest BCUT2D eigenvalue weighted by Gasteiger charge is 2.17. The first-order chi connectivity index (χ1) is 9.65. The molecule has 0 aliphatic heterocycles. The van der Waals surface area contributed by atoms with Gasteiger partial charge in [-0.2, -0.15) is 0 Å². The molecule has 0 spiro atoms. The minimum absolute atomic E-state index is 0.0731. The number of nitrogens with zero attached hydrogens (tertiary/aromatic N) is 4. The van der Waals surface area contributed by atoms with E-state index in [4.69, 9.17) is 5.11 Å². The van der Waals surface area contributed by atoms with Gasteiger partial charge in [0.05, 0.1) is 11.9 Å². The lowest BCUT2D eigenvalue weighted by Gasteiger charge is -2.04. The number of pyridine rings is 1. The number of halogens is 1. The number of rotatable bonds is 3. The molecule has 3 aromatic rings. The fourth-order valence-electron chi connectivity index (χ4n) is 1.69. The average Bonchev–Trinajstić information content (AvgIpc) is 2.77. The summed E-state index contributed by atoms with van der Waals surface area (Å²) in [7, 11) is 0. The summed E-state index contributed by atoms with van der Waals surface area (Å²) < 4.78 is 1.72. The van der Waals surface area contributed by atoms with Gasteiger partial charge < -0.3 is 10.4 Å². The van der Waals surface area contributed by atoms with Gasteiger partial charge in [-0.15, -0.1) is 5.10 Å². The lowest BCUT2D eigenvalue weighted by molar-refractivity contribution is 0.0690. The van der Waals surface area contributed by atoms with Crippen LogP contribution >= 0.6 is 15.9 Å². The Hall–Kier alpha value is -2.48. The summed E-state index contributed by atoms with van der Waals surface area (Å²) in [6.07, 6.45) is 3.34. The summed E-state index contributed by atoms with van der Waals surface area (Å²) in [4.78, 5) is 19.0. The van der Waals surface area contributed by atoms with Crippen LogP contribution in [0.15, 0.2) is 41.3 Å². The number of nitrogens with one attached hydrogen (secondary N) is 1. The Morgan fingerprint density at radius 2 is 2.20 bits per heavy atom. The molecular formula is C12H8BrN5O2. The summed E-state index contributed by atoms with van der Waals surface area (Å²) in [6, 6.07) is 7.05. The first-order valence-electron chi connectivity index (χ1n) is 5.61. The van der Waals surface area contributed by atoms with Gasteiger partial charge in [0, 0.05) is 6.20 Å². The molecule has 0 aromatic carbocycles. The predicted octanol–water partition coefficient (Wildman–Crippen LogP) is 2.33. The van der Waals surface area contributed by atoms with Crippen molar-refractivity contribution in [3.63, 3.8) is 0 Å². The fourth-order valence-corrected chi connectivity index (χ4v) is 2.21. The van der Waals surface area contributed by atoms with Crippen LogP contribution in [0.25, 0.3) is 5.65 Å². The first kappa shape index (κ1) is 12.5. The molecular weight excluding hydrogens is 326 g/mol. The van der Waals surface area contributed by atoms with Crippen LogP contribution in [-0.4, -0.2) is 30.7 Å². The Morgan fingerprint density at radius 3 is 2.90 bits per heavy atom. The van der Waals surface area contributed by atoms with E-state index in [1.807, 2.05) is 6.07 Å². The third kappa shape index (κ3) is 2.21. The lowest BCUT2D eigenvalue weighted by Crippen LogP contribution is -2.00. The van der Waals surface area contributed by atoms with Gasteiger partial charge >= 0.3 is 5.97 Å². The van der Waals surface area contributed by atoms with Crippen LogP contribution in [0, 0.1) is 0 Å². The number of carbonyl (C=O) groups is 1. The second kappa shape index (κ2) is 4.89. The van der Waals surface area contributed by atoms with E-state index >= 15 is 0 Å². The van der Waals surface area contributed by atoms with Gasteiger partial charge in [-0.25, -0.2) is 14.3 Å². The van der Waals surface area contributed by atoms with E-state index in [0.717, 1.165) is 5.69 Å². The van der Waals surface area contributed by atoms with E-state index in [9.17, 15) is 4.79 Å². The van der Waals surface area contributed by atoms with Crippen LogP contribution in [-0.2, 0) is 0 Å². The van der Waals surface area contributed by atoms with Crippen LogP contribution in [0.3, 0.4) is 0 Å². The third-order valence-electron chi connectivity index (χ3n) is 2.56. The number of carboxylic acids is 1. The van der Waals surface area contributed by atoms with E-state index in [0.29, 0.717) is 16.1 Å². The Morgan fingerprint density at radius 1 is 1.35 bits per heavy atom. The molecule has 0 radical (unpaired) electrons. The smallest absolute Gasteiger partial charge is 0.357 e. The monoisotopic (exact) mass is 333 g/mol. The summed E-state index contributed by atoms with van der Waals surface area (Å²) in [5, 5.41) is 16.4. The molecule has 0 saturated heterocycles. The molecule has 8 heteroatoms. The molecule has 0 aliphatic carbocycles. The number of anilines is 2. The Balaban J connectivity index is 2.02. The Labute approximate surface area is 121 Å². The predicted molar refractivity (Wildman–Crippen MR) is 75.2 cm³/mol. The largest absolute Gasteiger partial charge is 0.476 e. The van der Waals surface area contributed by atoms with Gasteiger partial charge in [0.25, 0.3) is 0 Å². The molecule has 0 atom stereocenters. The molecule has 0 fully saturated rings. The summed E-state index contributed by atoms with van der Waals surface area (Å²) >= 11 is 3.19. The van der Waals surface area contributed by atoms with Crippen molar-refractivity contribution < 1.29 is 9.90 Å². The van der Waals surface area contributed by atoms with Crippen LogP contribution in [0.1, 0.15) is 10.5 Å². The van der Waals surface area contributed by atoms with Gasteiger partial charge in [-0.05, 0) is 40.2 Å². The molecule has 0 unspecified atom stereocenters. The van der Waals surface area contributed by atoms with E-state index in [-0.39, 0.29) is 5.69 Å². The van der Waals surface area contributed by atoms with Gasteiger partial charge in [-0.3, -0.25) is 4.98 Å². The SMILES string of the molecule is O=C(O)c1nc2ccc(Nc3cccnc3)nn2c1Br. The van der Waals surface area contributed by atoms with Crippen molar-refractivity contribution in [1.82, 2.24) is 19.6 Å². The summed E-state index contributed by atoms with van der Waals surface area (Å²) in [6.45, 7) is 0. The standard InChI is InChI=1S/C12H8BrN5O2/c13-11-10(12(19)20)16-9-4-3-8(17-18(9)11)15-7-2-1-5-14-6-7/h1-6H,(H,15,17)(H,19,20). The zero-order valence-corrected chi connectivity index (χ0v) is 11.6. The molecule has 3 heterocycles. The van der Waals surface area contributed by atoms with Crippen LogP contribution in [0.2, 0.25) is 0 Å². The molecule has 0 saturated carbocycles. The van der Waals surface area contributed by atoms with Crippen molar-refractivity contribution in [2.45, 2.75) is 0 Å². The number of hydrogen-bond donors (Lipinski definition) is 2. The maximum Gasteiger partial charge on any atom is 0.357 e. The van der Waals surface area contributed by atoms with Gasteiger partial charge in [0.1, 0.15) is 4.60 Å². The van der Waals surface area contributed by atoms with Crippen molar-refractivity contribution in [2.75, 3.05) is 5.32 Å². The molecule has 3 rings (SSSR count). The zero-order valence-electron chi connectivity index (χ0n) is 9.99. The van der Waals surface area contributed by atoms with Crippen molar-refractivity contribution in [2.24, 2.45) is 0 Å². The number of aromatic carboxylic acids is 1. The number of carboxylic acid groups (broad SMARTS) is 1. The second-order valence-electron chi connectivity index (χ2n) is 3.91. The lowest BCUT2D eigenvalue weighted by atomic mass is 10.4. The van der Waals surface area contributed by atoms with Crippen molar-refractivity contribution in [3.05, 3.63) is 47.0 Å². The summed E-state index contributed by atoms with van der Waals surface area (Å²) in [5.74, 6) is -0.551.